The predicted octanol–water partition coefficient (Wildman–Crippen LogP) is 2.64. The number of sulfonamides is 1. The van der Waals surface area contributed by atoms with E-state index in [2.05, 4.69) is 5.32 Å². The predicted molar refractivity (Wildman–Crippen MR) is 115 cm³/mol. The quantitative estimate of drug-likeness (QED) is 0.663. The van der Waals surface area contributed by atoms with Crippen LogP contribution in [0.25, 0.3) is 0 Å². The molecule has 9 nitrogen and oxygen atoms in total. The van der Waals surface area contributed by atoms with Crippen LogP contribution in [-0.2, 0) is 14.8 Å². The zero-order chi connectivity index (χ0) is 22.6. The van der Waals surface area contributed by atoms with Crippen molar-refractivity contribution in [3.63, 3.8) is 0 Å². The zero-order valence-corrected chi connectivity index (χ0v) is 18.9. The van der Waals surface area contributed by atoms with E-state index in [4.69, 9.17) is 30.5 Å². The van der Waals surface area contributed by atoms with Crippen LogP contribution in [0.2, 0.25) is 5.02 Å². The van der Waals surface area contributed by atoms with E-state index in [0.717, 1.165) is 0 Å². The summed E-state index contributed by atoms with van der Waals surface area (Å²) >= 11 is 6.20. The molecule has 31 heavy (non-hydrogen) atoms. The molecule has 0 unspecified atom stereocenters. The number of hydrogen-bond acceptors (Lipinski definition) is 7. The van der Waals surface area contributed by atoms with Gasteiger partial charge >= 0.3 is 0 Å². The first-order valence-electron chi connectivity index (χ1n) is 9.30. The van der Waals surface area contributed by atoms with Crippen LogP contribution in [0.15, 0.2) is 35.2 Å². The maximum atomic E-state index is 12.9. The molecule has 1 saturated heterocycles. The molecule has 0 aliphatic carbocycles. The summed E-state index contributed by atoms with van der Waals surface area (Å²) in [6.45, 7) is 1.14. The smallest absolute Gasteiger partial charge is 0.257 e. The Morgan fingerprint density at radius 2 is 1.65 bits per heavy atom. The van der Waals surface area contributed by atoms with E-state index in [1.807, 2.05) is 0 Å². The van der Waals surface area contributed by atoms with Gasteiger partial charge in [0.05, 0.1) is 50.0 Å². The lowest BCUT2D eigenvalue weighted by atomic mass is 10.2. The topological polar surface area (TPSA) is 103 Å². The summed E-state index contributed by atoms with van der Waals surface area (Å²) in [6, 6.07) is 7.14. The molecule has 1 heterocycles. The number of carbonyl (C=O) groups excluding carboxylic acids is 1. The van der Waals surface area contributed by atoms with Crippen LogP contribution in [-0.4, -0.2) is 66.3 Å². The molecule has 168 valence electrons. The van der Waals surface area contributed by atoms with E-state index in [0.29, 0.717) is 36.1 Å². The van der Waals surface area contributed by atoms with Gasteiger partial charge in [-0.1, -0.05) is 11.6 Å². The van der Waals surface area contributed by atoms with Crippen molar-refractivity contribution in [3.05, 3.63) is 40.9 Å². The molecule has 0 saturated carbocycles. The first-order valence-corrected chi connectivity index (χ1v) is 11.1. The summed E-state index contributed by atoms with van der Waals surface area (Å²) in [5.74, 6) is 0.497. The van der Waals surface area contributed by atoms with Crippen molar-refractivity contribution >= 4 is 33.2 Å². The van der Waals surface area contributed by atoms with Crippen molar-refractivity contribution in [3.8, 4) is 17.2 Å². The lowest BCUT2D eigenvalue weighted by molar-refractivity contribution is 0.0730. The Balaban J connectivity index is 1.91. The Morgan fingerprint density at radius 3 is 2.19 bits per heavy atom. The number of amides is 1. The number of rotatable bonds is 7. The van der Waals surface area contributed by atoms with Crippen molar-refractivity contribution in [2.24, 2.45) is 0 Å². The van der Waals surface area contributed by atoms with Crippen LogP contribution < -0.4 is 19.5 Å². The van der Waals surface area contributed by atoms with Gasteiger partial charge in [-0.25, -0.2) is 8.42 Å². The molecule has 0 bridgehead atoms. The number of methoxy groups -OCH3 is 3. The average Bonchev–Trinajstić information content (AvgIpc) is 2.78. The molecular formula is C20H23ClN2O7S. The van der Waals surface area contributed by atoms with E-state index in [-0.39, 0.29) is 28.6 Å². The maximum absolute atomic E-state index is 12.9. The van der Waals surface area contributed by atoms with Crippen molar-refractivity contribution in [2.45, 2.75) is 4.90 Å². The lowest BCUT2D eigenvalue weighted by Gasteiger charge is -2.26. The number of morpholine rings is 1. The number of nitrogens with zero attached hydrogens (tertiary/aromatic N) is 1. The Labute approximate surface area is 185 Å². The van der Waals surface area contributed by atoms with Gasteiger partial charge in [-0.15, -0.1) is 0 Å². The van der Waals surface area contributed by atoms with Crippen LogP contribution in [0.4, 0.5) is 5.69 Å². The number of nitrogens with one attached hydrogen (secondary N) is 1. The molecule has 1 fully saturated rings. The monoisotopic (exact) mass is 470 g/mol. The minimum absolute atomic E-state index is 0.0183. The third kappa shape index (κ3) is 4.87. The van der Waals surface area contributed by atoms with Crippen LogP contribution in [0.1, 0.15) is 10.4 Å². The van der Waals surface area contributed by atoms with Crippen molar-refractivity contribution in [1.82, 2.24) is 4.31 Å². The minimum Gasteiger partial charge on any atom is -0.493 e. The summed E-state index contributed by atoms with van der Waals surface area (Å²) in [4.78, 5) is 12.9. The molecular weight excluding hydrogens is 448 g/mol. The number of halogens is 1. The minimum atomic E-state index is -3.78. The Bertz CT molecular complexity index is 1040. The molecule has 1 aliphatic heterocycles. The molecule has 0 spiro atoms. The Kier molecular flexibility index (Phi) is 7.26. The van der Waals surface area contributed by atoms with Gasteiger partial charge in [0.2, 0.25) is 15.8 Å². The van der Waals surface area contributed by atoms with Gasteiger partial charge in [0, 0.05) is 30.9 Å². The third-order valence-corrected chi connectivity index (χ3v) is 6.94. The van der Waals surface area contributed by atoms with Gasteiger partial charge < -0.3 is 24.3 Å². The highest BCUT2D eigenvalue weighted by Crippen LogP contribution is 2.40. The first kappa shape index (κ1) is 23.1. The van der Waals surface area contributed by atoms with E-state index < -0.39 is 15.9 Å². The number of benzene rings is 2. The van der Waals surface area contributed by atoms with E-state index in [9.17, 15) is 13.2 Å². The molecule has 1 aliphatic rings. The fourth-order valence-electron chi connectivity index (χ4n) is 3.13. The molecule has 0 radical (unpaired) electrons. The molecule has 2 aromatic rings. The van der Waals surface area contributed by atoms with E-state index in [1.165, 1.54) is 43.8 Å². The molecule has 0 aromatic heterocycles. The van der Waals surface area contributed by atoms with E-state index in [1.54, 1.807) is 12.1 Å². The van der Waals surface area contributed by atoms with Gasteiger partial charge in [-0.2, -0.15) is 4.31 Å². The van der Waals surface area contributed by atoms with Crippen LogP contribution in [0.5, 0.6) is 17.2 Å². The third-order valence-electron chi connectivity index (χ3n) is 4.71. The highest BCUT2D eigenvalue weighted by Gasteiger charge is 2.28. The van der Waals surface area contributed by atoms with E-state index >= 15 is 0 Å². The first-order chi connectivity index (χ1) is 14.8. The zero-order valence-electron chi connectivity index (χ0n) is 17.3. The van der Waals surface area contributed by atoms with Crippen LogP contribution in [0.3, 0.4) is 0 Å². The number of anilines is 1. The maximum Gasteiger partial charge on any atom is 0.257 e. The second-order valence-corrected chi connectivity index (χ2v) is 8.87. The molecule has 1 N–H and O–H groups in total. The molecule has 2 aromatic carbocycles. The largest absolute Gasteiger partial charge is 0.493 e. The number of hydrogen-bond donors (Lipinski definition) is 1. The lowest BCUT2D eigenvalue weighted by Crippen LogP contribution is -2.40. The summed E-state index contributed by atoms with van der Waals surface area (Å²) in [6.07, 6.45) is 0. The fraction of sp³-hybridized carbons (Fsp3) is 0.350. The van der Waals surface area contributed by atoms with Gasteiger partial charge in [-0.05, 0) is 18.2 Å². The average molecular weight is 471 g/mol. The van der Waals surface area contributed by atoms with Crippen molar-refractivity contribution in [1.29, 1.82) is 0 Å². The second kappa shape index (κ2) is 9.73. The fourth-order valence-corrected chi connectivity index (χ4v) is 4.76. The van der Waals surface area contributed by atoms with Gasteiger partial charge in [0.15, 0.2) is 11.5 Å². The second-order valence-electron chi connectivity index (χ2n) is 6.53. The van der Waals surface area contributed by atoms with Crippen molar-refractivity contribution < 1.29 is 32.2 Å². The summed E-state index contributed by atoms with van der Waals surface area (Å²) in [7, 11) is 0.607. The summed E-state index contributed by atoms with van der Waals surface area (Å²) in [5.41, 5.74) is 0.377. The van der Waals surface area contributed by atoms with Gasteiger partial charge in [-0.3, -0.25) is 4.79 Å². The van der Waals surface area contributed by atoms with Crippen LogP contribution >= 0.6 is 11.6 Å². The SMILES string of the molecule is COc1cc(NC(=O)c2cc(S(=O)(=O)N3CCOCC3)ccc2Cl)cc(OC)c1OC. The highest BCUT2D eigenvalue weighted by molar-refractivity contribution is 7.89. The molecule has 1 amide bonds. The van der Waals surface area contributed by atoms with Gasteiger partial charge in [0.1, 0.15) is 0 Å². The Hall–Kier alpha value is -2.53. The number of carbonyl (C=O) groups is 1. The normalized spacial score (nSPS) is 14.7. The number of ether oxygens (including phenoxy) is 4. The summed E-state index contributed by atoms with van der Waals surface area (Å²) < 4.78 is 48.2. The van der Waals surface area contributed by atoms with Gasteiger partial charge in [0.25, 0.3) is 5.91 Å². The molecule has 11 heteroatoms. The standard InChI is InChI=1S/C20H23ClN2O7S/c1-27-17-10-13(11-18(28-2)19(17)29-3)22-20(24)15-12-14(4-5-16(15)21)31(25,26)23-6-8-30-9-7-23/h4-5,10-12H,6-9H2,1-3H3,(H,22,24). The summed E-state index contributed by atoms with van der Waals surface area (Å²) in [5, 5.41) is 2.81. The Morgan fingerprint density at radius 1 is 1.03 bits per heavy atom. The highest BCUT2D eigenvalue weighted by atomic mass is 35.5. The molecule has 3 rings (SSSR count). The molecule has 0 atom stereocenters. The van der Waals surface area contributed by atoms with Crippen molar-refractivity contribution in [2.75, 3.05) is 52.9 Å². The van der Waals surface area contributed by atoms with Crippen LogP contribution in [0, 0.1) is 0 Å².